The van der Waals surface area contributed by atoms with Crippen LogP contribution in [0.25, 0.3) is 0 Å². The Bertz CT molecular complexity index is 1090. The molecule has 0 amide bonds. The number of carbonyl (C=O) groups is 2. The number of fused-ring (bicyclic) bond motifs is 2. The minimum atomic E-state index is -0.664. The second-order valence-corrected chi connectivity index (χ2v) is 13.4. The van der Waals surface area contributed by atoms with E-state index in [-0.39, 0.29) is 40.7 Å². The summed E-state index contributed by atoms with van der Waals surface area (Å²) in [5.74, 6) is 2.23. The monoisotopic (exact) mass is 480 g/mol. The zero-order valence-electron chi connectivity index (χ0n) is 21.8. The average molecular weight is 481 g/mol. The molecule has 3 spiro atoms. The van der Waals surface area contributed by atoms with Crippen molar-refractivity contribution in [2.45, 2.75) is 103 Å². The molecule has 190 valence electrons. The third-order valence-electron chi connectivity index (χ3n) is 13.0. The van der Waals surface area contributed by atoms with E-state index in [1.165, 1.54) is 18.4 Å². The van der Waals surface area contributed by atoms with Crippen LogP contribution in [0.3, 0.4) is 0 Å². The third kappa shape index (κ3) is 2.23. The molecule has 0 aromatic carbocycles. The summed E-state index contributed by atoms with van der Waals surface area (Å²) in [5, 5.41) is 11.0. The average Bonchev–Trinajstić information content (AvgIpc) is 3.63. The molecule has 5 nitrogen and oxygen atoms in total. The first-order chi connectivity index (χ1) is 16.6. The van der Waals surface area contributed by atoms with Crippen molar-refractivity contribution in [3.63, 3.8) is 0 Å². The van der Waals surface area contributed by atoms with E-state index in [9.17, 15) is 14.7 Å². The molecule has 7 rings (SSSR count). The van der Waals surface area contributed by atoms with Crippen molar-refractivity contribution in [2.24, 2.45) is 45.8 Å². The number of allylic oxidation sites excluding steroid dienone is 1. The highest BCUT2D eigenvalue weighted by Gasteiger charge is 2.97. The summed E-state index contributed by atoms with van der Waals surface area (Å²) in [4.78, 5) is 26.2. The maximum absolute atomic E-state index is 13.6. The second-order valence-electron chi connectivity index (χ2n) is 13.4. The molecule has 2 heterocycles. The van der Waals surface area contributed by atoms with Crippen LogP contribution in [0.1, 0.15) is 79.6 Å². The van der Waals surface area contributed by atoms with E-state index in [0.717, 1.165) is 37.7 Å². The molecule has 0 aromatic rings. The normalized spacial score (nSPS) is 56.3. The molecule has 7 aliphatic rings. The van der Waals surface area contributed by atoms with Gasteiger partial charge in [-0.05, 0) is 98.0 Å². The lowest BCUT2D eigenvalue weighted by Crippen LogP contribution is -2.57. The summed E-state index contributed by atoms with van der Waals surface area (Å²) in [6.07, 6.45) is 9.73. The number of ketones is 1. The smallest absolute Gasteiger partial charge is 0.334 e. The van der Waals surface area contributed by atoms with Gasteiger partial charge in [0.25, 0.3) is 0 Å². The van der Waals surface area contributed by atoms with Crippen molar-refractivity contribution in [1.82, 2.24) is 0 Å². The highest BCUT2D eigenvalue weighted by Crippen LogP contribution is 2.91. The molecule has 5 aliphatic carbocycles. The van der Waals surface area contributed by atoms with E-state index in [1.807, 2.05) is 6.92 Å². The van der Waals surface area contributed by atoms with Crippen LogP contribution in [-0.2, 0) is 19.1 Å². The number of epoxide rings is 1. The predicted octanol–water partition coefficient (Wildman–Crippen LogP) is 4.77. The number of ether oxygens (including phenoxy) is 2. The van der Waals surface area contributed by atoms with Crippen LogP contribution in [0.5, 0.6) is 0 Å². The van der Waals surface area contributed by atoms with Crippen molar-refractivity contribution in [3.8, 4) is 0 Å². The van der Waals surface area contributed by atoms with Crippen molar-refractivity contribution in [1.29, 1.82) is 0 Å². The maximum atomic E-state index is 13.6. The lowest BCUT2D eigenvalue weighted by Gasteiger charge is -2.54. The molecule has 5 heteroatoms. The molecule has 2 aliphatic heterocycles. The number of cyclic esters (lactones) is 1. The first-order valence-corrected chi connectivity index (χ1v) is 14.1. The molecule has 0 radical (unpaired) electrons. The Morgan fingerprint density at radius 3 is 2.69 bits per heavy atom. The second kappa shape index (κ2) is 6.69. The number of esters is 1. The topological polar surface area (TPSA) is 76.1 Å². The fourth-order valence-corrected chi connectivity index (χ4v) is 11.5. The highest BCUT2D eigenvalue weighted by atomic mass is 16.6. The van der Waals surface area contributed by atoms with E-state index < -0.39 is 17.1 Å². The predicted molar refractivity (Wildman–Crippen MR) is 130 cm³/mol. The first-order valence-electron chi connectivity index (χ1n) is 14.1. The van der Waals surface area contributed by atoms with Crippen molar-refractivity contribution >= 4 is 11.8 Å². The zero-order valence-corrected chi connectivity index (χ0v) is 21.8. The Labute approximate surface area is 208 Å². The van der Waals surface area contributed by atoms with Gasteiger partial charge >= 0.3 is 5.97 Å². The molecule has 1 saturated heterocycles. The van der Waals surface area contributed by atoms with Gasteiger partial charge in [0.15, 0.2) is 5.78 Å². The Morgan fingerprint density at radius 1 is 1.20 bits per heavy atom. The first kappa shape index (κ1) is 22.7. The van der Waals surface area contributed by atoms with Gasteiger partial charge in [-0.15, -0.1) is 0 Å². The van der Waals surface area contributed by atoms with E-state index in [2.05, 4.69) is 27.7 Å². The van der Waals surface area contributed by atoms with Crippen LogP contribution in [0.4, 0.5) is 0 Å². The Hall–Kier alpha value is -1.46. The number of rotatable bonds is 3. The van der Waals surface area contributed by atoms with Gasteiger partial charge in [-0.2, -0.15) is 0 Å². The summed E-state index contributed by atoms with van der Waals surface area (Å²) in [7, 11) is 0. The summed E-state index contributed by atoms with van der Waals surface area (Å²) in [6, 6.07) is 0. The van der Waals surface area contributed by atoms with Crippen molar-refractivity contribution in [3.05, 3.63) is 23.3 Å². The van der Waals surface area contributed by atoms with E-state index in [1.54, 1.807) is 12.2 Å². The van der Waals surface area contributed by atoms with E-state index in [4.69, 9.17) is 9.47 Å². The van der Waals surface area contributed by atoms with E-state index in [0.29, 0.717) is 23.7 Å². The quantitative estimate of drug-likeness (QED) is 0.465. The van der Waals surface area contributed by atoms with Gasteiger partial charge in [0, 0.05) is 12.0 Å². The number of hydrogen-bond donors (Lipinski definition) is 1. The fourth-order valence-electron chi connectivity index (χ4n) is 11.5. The molecule has 5 fully saturated rings. The zero-order chi connectivity index (χ0) is 24.7. The number of carbonyl (C=O) groups excluding carboxylic acids is 2. The minimum absolute atomic E-state index is 0.00727. The fraction of sp³-hybridized carbons (Fsp3) is 0.800. The molecule has 1 N–H and O–H groups in total. The van der Waals surface area contributed by atoms with Gasteiger partial charge in [-0.25, -0.2) is 4.79 Å². The Morgan fingerprint density at radius 2 is 1.97 bits per heavy atom. The number of aliphatic hydroxyl groups is 1. The van der Waals surface area contributed by atoms with Gasteiger partial charge in [0.1, 0.15) is 17.8 Å². The van der Waals surface area contributed by atoms with Gasteiger partial charge in [-0.1, -0.05) is 33.3 Å². The molecular weight excluding hydrogens is 440 g/mol. The molecule has 0 bridgehead atoms. The van der Waals surface area contributed by atoms with Gasteiger partial charge in [-0.3, -0.25) is 4.79 Å². The van der Waals surface area contributed by atoms with Crippen molar-refractivity contribution in [2.75, 3.05) is 0 Å². The number of aliphatic hydroxyl groups excluding tert-OH is 1. The van der Waals surface area contributed by atoms with Gasteiger partial charge in [0.2, 0.25) is 0 Å². The van der Waals surface area contributed by atoms with Crippen molar-refractivity contribution < 1.29 is 24.2 Å². The third-order valence-corrected chi connectivity index (χ3v) is 13.0. The maximum Gasteiger partial charge on any atom is 0.334 e. The molecule has 12 unspecified atom stereocenters. The van der Waals surface area contributed by atoms with Crippen LogP contribution in [0.15, 0.2) is 23.3 Å². The minimum Gasteiger partial charge on any atom is -0.458 e. The molecule has 35 heavy (non-hydrogen) atoms. The standard InChI is InChI=1S/C30H40O5/c1-6-18-15(2)13-22(34-26(18)33)16(3)19-7-8-20-21-14-25-30(35-25)24(32)10-9-23(31)29(30)17(4)28(21,29)12-11-27(19,20)5/h9-10,16-17,19-22,24-25,32H,6-8,11-14H2,1-5H3. The lowest BCUT2D eigenvalue weighted by molar-refractivity contribution is -0.152. The van der Waals surface area contributed by atoms with Crippen LogP contribution in [0.2, 0.25) is 0 Å². The van der Waals surface area contributed by atoms with Crippen LogP contribution >= 0.6 is 0 Å². The SMILES string of the molecule is CCC1=C(C)CC(C(C)C2CCC3C4CC5OC56C(O)C=CC(=O)C65C(C)C45CCC23C)OC1=O. The summed E-state index contributed by atoms with van der Waals surface area (Å²) in [6.45, 7) is 11.2. The highest BCUT2D eigenvalue weighted by molar-refractivity contribution is 6.02. The molecule has 0 aromatic heterocycles. The Balaban J connectivity index is 1.20. The molecule has 12 atom stereocenters. The number of hydrogen-bond acceptors (Lipinski definition) is 5. The summed E-state index contributed by atoms with van der Waals surface area (Å²) >= 11 is 0. The van der Waals surface area contributed by atoms with Crippen LogP contribution in [0, 0.1) is 45.8 Å². The molecular formula is C30H40O5. The summed E-state index contributed by atoms with van der Waals surface area (Å²) in [5.41, 5.74) is 1.04. The van der Waals surface area contributed by atoms with Crippen LogP contribution < -0.4 is 0 Å². The largest absolute Gasteiger partial charge is 0.458 e. The lowest BCUT2D eigenvalue weighted by atomic mass is 9.49. The van der Waals surface area contributed by atoms with E-state index >= 15 is 0 Å². The Kier molecular flexibility index (Phi) is 4.34. The van der Waals surface area contributed by atoms with Gasteiger partial charge in [0.05, 0.1) is 11.5 Å². The molecule has 4 saturated carbocycles. The van der Waals surface area contributed by atoms with Crippen LogP contribution in [-0.4, -0.2) is 40.8 Å². The van der Waals surface area contributed by atoms with Gasteiger partial charge < -0.3 is 14.6 Å². The summed E-state index contributed by atoms with van der Waals surface area (Å²) < 4.78 is 12.4.